The highest BCUT2D eigenvalue weighted by Crippen LogP contribution is 2.27. The number of fused-ring (bicyclic) bond motifs is 2. The van der Waals surface area contributed by atoms with Crippen LogP contribution in [0.25, 0.3) is 0 Å². The van der Waals surface area contributed by atoms with Crippen molar-refractivity contribution in [3.63, 3.8) is 0 Å². The number of likely N-dealkylation sites (N-methyl/N-ethyl adjacent to an activating group) is 1. The number of nitrogens with one attached hydrogen (secondary N) is 7. The highest BCUT2D eigenvalue weighted by molar-refractivity contribution is 6.32. The van der Waals surface area contributed by atoms with E-state index in [0.29, 0.717) is 23.3 Å². The van der Waals surface area contributed by atoms with Gasteiger partial charge in [0.25, 0.3) is 0 Å². The first kappa shape index (κ1) is 65.7. The van der Waals surface area contributed by atoms with Gasteiger partial charge in [-0.05, 0) is 96.3 Å². The van der Waals surface area contributed by atoms with E-state index in [1.54, 1.807) is 27.7 Å². The van der Waals surface area contributed by atoms with Gasteiger partial charge in [0, 0.05) is 26.3 Å². The summed E-state index contributed by atoms with van der Waals surface area (Å²) in [4.78, 5) is 155. The summed E-state index contributed by atoms with van der Waals surface area (Å²) < 4.78 is 11.5. The van der Waals surface area contributed by atoms with Crippen molar-refractivity contribution >= 4 is 76.7 Å². The van der Waals surface area contributed by atoms with Crippen LogP contribution in [0.3, 0.4) is 0 Å². The molecule has 10 N–H and O–H groups in total. The molecule has 9 amide bonds. The van der Waals surface area contributed by atoms with Crippen molar-refractivity contribution in [1.82, 2.24) is 47.0 Å². The molecule has 25 nitrogen and oxygen atoms in total. The van der Waals surface area contributed by atoms with Crippen LogP contribution in [0.5, 0.6) is 5.75 Å². The molecular formula is C52H80ClN9O16. The molecule has 0 spiro atoms. The first-order valence-corrected chi connectivity index (χ1v) is 26.8. The number of amides is 9. The molecule has 26 heteroatoms. The summed E-state index contributed by atoms with van der Waals surface area (Å²) in [7, 11) is 1.20. The number of aromatic hydroxyl groups is 1. The van der Waals surface area contributed by atoms with Gasteiger partial charge < -0.3 is 71.8 Å². The van der Waals surface area contributed by atoms with Crippen LogP contribution < -0.4 is 37.2 Å². The van der Waals surface area contributed by atoms with Gasteiger partial charge in [0.1, 0.15) is 78.6 Å². The lowest BCUT2D eigenvalue weighted by molar-refractivity contribution is -0.170. The third-order valence-electron chi connectivity index (χ3n) is 13.2. The third kappa shape index (κ3) is 18.2. The van der Waals surface area contributed by atoms with E-state index in [-0.39, 0.29) is 55.2 Å². The number of rotatable bonds is 19. The third-order valence-corrected chi connectivity index (χ3v) is 13.5. The molecule has 2 aliphatic heterocycles. The van der Waals surface area contributed by atoms with Crippen molar-refractivity contribution in [3.8, 4) is 5.75 Å². The molecule has 2 saturated heterocycles. The number of phenolic OH excluding ortho intramolecular Hbond substituents is 1. The number of halogens is 1. The summed E-state index contributed by atoms with van der Waals surface area (Å²) >= 11 is 6.23. The molecule has 3 rings (SSSR count). The summed E-state index contributed by atoms with van der Waals surface area (Å²) in [5.41, 5.74) is 0.307. The largest absolute Gasteiger partial charge is 0.506 e. The standard InChI is InChI=1S/C52H80ClN9O16/c1-13-15-37(65)54-26(7)44(68)59-42(29(10)77-51(75)27(8)55-38(66)16-14-2)48(72)60-41-30(11)78-52(76)40(25(5)6)58-46(70)35(23-31-17-19-36(64)32(53)22-31)61(12)50(74)43(28(9)63)62-39(67)20-18-33(49(62)73)56-45(69)34(21-24(3)4)57-47(41)71/h17,19,22,24-30,33-35,39-43,63-64,67H,13-16,18,20-21,23H2,1-12H3,(H,54,65)(H,55,66)(H,56,69)(H,57,71)(H,58,70)(H,59,68)(H,60,72)/t26-,27-,28+,29+,30+,33+,34-,35-,39+,40-,41-,42-,43-/m0/s1. The van der Waals surface area contributed by atoms with Gasteiger partial charge in [-0.25, -0.2) is 9.59 Å². The van der Waals surface area contributed by atoms with E-state index in [1.807, 2.05) is 0 Å². The fourth-order valence-electron chi connectivity index (χ4n) is 8.77. The van der Waals surface area contributed by atoms with Gasteiger partial charge >= 0.3 is 11.9 Å². The van der Waals surface area contributed by atoms with Crippen molar-refractivity contribution in [2.45, 2.75) is 206 Å². The number of carbonyl (C=O) groups excluding carboxylic acids is 11. The van der Waals surface area contributed by atoms with Crippen molar-refractivity contribution in [2.75, 3.05) is 7.05 Å². The number of phenols is 1. The Labute approximate surface area is 459 Å². The SMILES string of the molecule is CCCC(=O)N[C@@H](C)C(=O)N[C@H](C(=O)N[C@@H]1C(=O)N[C@@H](CC(C)C)C(=O)N[C@@H]2CC[C@@H](O)N(C2=O)[C@@H]([C@@H](C)O)C(=O)N(C)[C@@H](Cc2ccc(O)c(Cl)c2)C(=O)N[C@@H](C(C)C)C(=O)O[C@@H]1C)[C@@H](C)OC(=O)[C@H](C)NC(=O)CCC. The average Bonchev–Trinajstić information content (AvgIpc) is 3.35. The maximum absolute atomic E-state index is 14.8. The normalized spacial score (nSPS) is 24.8. The monoisotopic (exact) mass is 1120 g/mol. The van der Waals surface area contributed by atoms with Crippen LogP contribution in [0.2, 0.25) is 5.02 Å². The highest BCUT2D eigenvalue weighted by atomic mass is 35.5. The van der Waals surface area contributed by atoms with Gasteiger partial charge in [0.2, 0.25) is 53.2 Å². The lowest BCUT2D eigenvalue weighted by Gasteiger charge is -2.43. The smallest absolute Gasteiger partial charge is 0.329 e. The zero-order chi connectivity index (χ0) is 59.0. The number of aliphatic hydroxyl groups is 2. The predicted octanol–water partition coefficient (Wildman–Crippen LogP) is -0.282. The Bertz CT molecular complexity index is 2350. The summed E-state index contributed by atoms with van der Waals surface area (Å²) in [5, 5.41) is 50.3. The predicted molar refractivity (Wildman–Crippen MR) is 281 cm³/mol. The number of esters is 2. The van der Waals surface area contributed by atoms with Gasteiger partial charge in [0.05, 0.1) is 11.1 Å². The topological polar surface area (TPSA) is 358 Å². The Balaban J connectivity index is 2.26. The second-order valence-corrected chi connectivity index (χ2v) is 21.2. The molecular weight excluding hydrogens is 1040 g/mol. The molecule has 0 radical (unpaired) electrons. The van der Waals surface area contributed by atoms with E-state index >= 15 is 0 Å². The average molecular weight is 1120 g/mol. The van der Waals surface area contributed by atoms with Crippen LogP contribution in [0.4, 0.5) is 0 Å². The zero-order valence-corrected chi connectivity index (χ0v) is 47.2. The molecule has 2 fully saturated rings. The van der Waals surface area contributed by atoms with Crippen LogP contribution in [0.15, 0.2) is 18.2 Å². The van der Waals surface area contributed by atoms with Crippen LogP contribution in [0, 0.1) is 11.8 Å². The van der Waals surface area contributed by atoms with Gasteiger partial charge in [-0.3, -0.25) is 43.2 Å². The fourth-order valence-corrected chi connectivity index (χ4v) is 8.97. The number of cyclic esters (lactones) is 1. The van der Waals surface area contributed by atoms with Crippen molar-refractivity contribution in [2.24, 2.45) is 11.8 Å². The number of aliphatic hydroxyl groups excluding tert-OH is 2. The molecule has 0 saturated carbocycles. The number of carbonyl (C=O) groups is 11. The first-order chi connectivity index (χ1) is 36.4. The second kappa shape index (κ2) is 30.0. The van der Waals surface area contributed by atoms with Crippen molar-refractivity contribution in [3.05, 3.63) is 28.8 Å². The van der Waals surface area contributed by atoms with Gasteiger partial charge in [-0.1, -0.05) is 59.2 Å². The zero-order valence-electron chi connectivity index (χ0n) is 46.5. The molecule has 436 valence electrons. The lowest BCUT2D eigenvalue weighted by Crippen LogP contribution is -2.67. The summed E-state index contributed by atoms with van der Waals surface area (Å²) in [6.45, 7) is 16.3. The minimum Gasteiger partial charge on any atom is -0.506 e. The van der Waals surface area contributed by atoms with E-state index in [2.05, 4.69) is 37.2 Å². The van der Waals surface area contributed by atoms with Crippen molar-refractivity contribution in [1.29, 1.82) is 0 Å². The van der Waals surface area contributed by atoms with Crippen LogP contribution in [-0.2, 0) is 68.6 Å². The molecule has 1 aromatic carbocycles. The number of piperidine rings is 1. The molecule has 2 heterocycles. The molecule has 0 aliphatic carbocycles. The molecule has 2 bridgehead atoms. The number of hydrogen-bond acceptors (Lipinski definition) is 16. The van der Waals surface area contributed by atoms with Gasteiger partial charge in [-0.2, -0.15) is 0 Å². The quantitative estimate of drug-likeness (QED) is 0.0797. The van der Waals surface area contributed by atoms with E-state index in [1.165, 1.54) is 73.7 Å². The molecule has 0 aromatic heterocycles. The van der Waals surface area contributed by atoms with E-state index < -0.39 is 150 Å². The minimum atomic E-state index is -1.96. The van der Waals surface area contributed by atoms with E-state index in [9.17, 15) is 68.1 Å². The van der Waals surface area contributed by atoms with Crippen LogP contribution >= 0.6 is 11.6 Å². The number of hydrogen-bond donors (Lipinski definition) is 10. The summed E-state index contributed by atoms with van der Waals surface area (Å²) in [5.74, 6) is -11.7. The lowest BCUT2D eigenvalue weighted by atomic mass is 9.96. The number of benzene rings is 1. The molecule has 2 aliphatic rings. The van der Waals surface area contributed by atoms with Crippen molar-refractivity contribution < 1.29 is 77.5 Å². The highest BCUT2D eigenvalue weighted by Gasteiger charge is 2.48. The minimum absolute atomic E-state index is 0.0657. The molecule has 0 unspecified atom stereocenters. The first-order valence-electron chi connectivity index (χ1n) is 26.4. The van der Waals surface area contributed by atoms with E-state index in [4.69, 9.17) is 21.1 Å². The fraction of sp³-hybridized carbons (Fsp3) is 0.673. The maximum atomic E-state index is 14.8. The second-order valence-electron chi connectivity index (χ2n) is 20.8. The maximum Gasteiger partial charge on any atom is 0.329 e. The number of ether oxygens (including phenoxy) is 2. The summed E-state index contributed by atoms with van der Waals surface area (Å²) in [6.07, 6.45) is -6.35. The molecule has 13 atom stereocenters. The Hall–Kier alpha value is -6.60. The van der Waals surface area contributed by atoms with Crippen LogP contribution in [-0.4, -0.2) is 176 Å². The van der Waals surface area contributed by atoms with Crippen LogP contribution in [0.1, 0.15) is 127 Å². The Morgan fingerprint density at radius 2 is 1.41 bits per heavy atom. The molecule has 78 heavy (non-hydrogen) atoms. The number of nitrogens with zero attached hydrogens (tertiary/aromatic N) is 2. The van der Waals surface area contributed by atoms with Gasteiger partial charge in [-0.15, -0.1) is 0 Å². The van der Waals surface area contributed by atoms with Gasteiger partial charge in [0.15, 0.2) is 0 Å². The van der Waals surface area contributed by atoms with E-state index in [0.717, 1.165) is 4.90 Å². The Morgan fingerprint density at radius 3 is 1.96 bits per heavy atom. The summed E-state index contributed by atoms with van der Waals surface area (Å²) in [6, 6.07) is -10.2. The molecule has 1 aromatic rings. The Morgan fingerprint density at radius 1 is 0.808 bits per heavy atom. The Kier molecular flexibility index (Phi) is 25.2.